The number of ether oxygens (including phenoxy) is 3. The third-order valence-electron chi connectivity index (χ3n) is 3.92. The minimum absolute atomic E-state index is 0.283. The lowest BCUT2D eigenvalue weighted by Gasteiger charge is -2.23. The normalized spacial score (nSPS) is 18.6. The van der Waals surface area contributed by atoms with Crippen molar-refractivity contribution in [2.24, 2.45) is 0 Å². The molecule has 1 aromatic rings. The van der Waals surface area contributed by atoms with E-state index in [1.54, 1.807) is 7.11 Å². The minimum atomic E-state index is 0.283. The van der Waals surface area contributed by atoms with Gasteiger partial charge in [0.15, 0.2) is 11.5 Å². The third-order valence-corrected chi connectivity index (χ3v) is 3.92. The Kier molecular flexibility index (Phi) is 3.78. The lowest BCUT2D eigenvalue weighted by atomic mass is 9.95. The van der Waals surface area contributed by atoms with E-state index in [1.807, 2.05) is 12.1 Å². The molecule has 1 saturated carbocycles. The fraction of sp³-hybridized carbons (Fsp3) is 0.600. The van der Waals surface area contributed by atoms with Gasteiger partial charge in [0.25, 0.3) is 0 Å². The summed E-state index contributed by atoms with van der Waals surface area (Å²) in [4.78, 5) is 0. The third kappa shape index (κ3) is 2.78. The Hall–Kier alpha value is -1.42. The lowest BCUT2D eigenvalue weighted by molar-refractivity contribution is 0.171. The van der Waals surface area contributed by atoms with Gasteiger partial charge in [0.1, 0.15) is 0 Å². The summed E-state index contributed by atoms with van der Waals surface area (Å²) in [6.07, 6.45) is 6.67. The van der Waals surface area contributed by atoms with Gasteiger partial charge in [-0.2, -0.15) is 0 Å². The molecule has 0 radical (unpaired) electrons. The van der Waals surface area contributed by atoms with E-state index in [4.69, 9.17) is 14.2 Å². The molecule has 0 unspecified atom stereocenters. The SMILES string of the molecule is COc1cc(CNC2CCCCC2)cc2c1OCO2. The maximum atomic E-state index is 5.44. The summed E-state index contributed by atoms with van der Waals surface area (Å²) in [6.45, 7) is 1.14. The maximum Gasteiger partial charge on any atom is 0.231 e. The number of fused-ring (bicyclic) bond motifs is 1. The molecule has 1 fully saturated rings. The van der Waals surface area contributed by atoms with Gasteiger partial charge < -0.3 is 19.5 Å². The molecule has 0 atom stereocenters. The molecule has 1 aliphatic carbocycles. The first-order valence-electron chi connectivity index (χ1n) is 7.06. The molecule has 4 nitrogen and oxygen atoms in total. The van der Waals surface area contributed by atoms with Crippen LogP contribution in [0.15, 0.2) is 12.1 Å². The Balaban J connectivity index is 1.67. The van der Waals surface area contributed by atoms with Crippen LogP contribution in [0.2, 0.25) is 0 Å². The van der Waals surface area contributed by atoms with Crippen molar-refractivity contribution >= 4 is 0 Å². The molecular formula is C15H21NO3. The molecule has 19 heavy (non-hydrogen) atoms. The highest BCUT2D eigenvalue weighted by Gasteiger charge is 2.20. The lowest BCUT2D eigenvalue weighted by Crippen LogP contribution is -2.30. The second-order valence-electron chi connectivity index (χ2n) is 5.25. The van der Waals surface area contributed by atoms with Crippen LogP contribution in [0.4, 0.5) is 0 Å². The molecule has 3 rings (SSSR count). The summed E-state index contributed by atoms with van der Waals surface area (Å²) in [5, 5.41) is 3.63. The standard InChI is InChI=1S/C15H21NO3/c1-17-13-7-11(8-14-15(13)19-10-18-14)9-16-12-5-3-2-4-6-12/h7-8,12,16H,2-6,9-10H2,1H3. The van der Waals surface area contributed by atoms with Gasteiger partial charge in [-0.3, -0.25) is 0 Å². The Morgan fingerprint density at radius 1 is 1.21 bits per heavy atom. The maximum absolute atomic E-state index is 5.44. The second kappa shape index (κ2) is 5.70. The monoisotopic (exact) mass is 263 g/mol. The molecule has 104 valence electrons. The van der Waals surface area contributed by atoms with E-state index in [1.165, 1.54) is 37.7 Å². The van der Waals surface area contributed by atoms with E-state index in [9.17, 15) is 0 Å². The first-order valence-corrected chi connectivity index (χ1v) is 7.06. The number of nitrogens with one attached hydrogen (secondary N) is 1. The smallest absolute Gasteiger partial charge is 0.231 e. The van der Waals surface area contributed by atoms with Gasteiger partial charge in [-0.15, -0.1) is 0 Å². The van der Waals surface area contributed by atoms with Crippen molar-refractivity contribution < 1.29 is 14.2 Å². The molecular weight excluding hydrogens is 242 g/mol. The largest absolute Gasteiger partial charge is 0.493 e. The molecule has 0 aromatic heterocycles. The average Bonchev–Trinajstić information content (AvgIpc) is 2.93. The first-order chi connectivity index (χ1) is 9.36. The van der Waals surface area contributed by atoms with Crippen LogP contribution in [0, 0.1) is 0 Å². The quantitative estimate of drug-likeness (QED) is 0.906. The Labute approximate surface area is 114 Å². The molecule has 1 N–H and O–H groups in total. The number of hydrogen-bond acceptors (Lipinski definition) is 4. The molecule has 0 spiro atoms. The summed E-state index contributed by atoms with van der Waals surface area (Å²) < 4.78 is 16.2. The van der Waals surface area contributed by atoms with Crippen LogP contribution in [-0.2, 0) is 6.54 Å². The number of hydrogen-bond donors (Lipinski definition) is 1. The topological polar surface area (TPSA) is 39.7 Å². The van der Waals surface area contributed by atoms with E-state index in [0.717, 1.165) is 23.8 Å². The van der Waals surface area contributed by atoms with E-state index in [-0.39, 0.29) is 6.79 Å². The summed E-state index contributed by atoms with van der Waals surface area (Å²) in [7, 11) is 1.66. The van der Waals surface area contributed by atoms with Gasteiger partial charge in [-0.25, -0.2) is 0 Å². The predicted octanol–water partition coefficient (Wildman–Crippen LogP) is 2.85. The van der Waals surface area contributed by atoms with Gasteiger partial charge in [0.2, 0.25) is 12.5 Å². The van der Waals surface area contributed by atoms with Crippen molar-refractivity contribution in [3.63, 3.8) is 0 Å². The summed E-state index contributed by atoms with van der Waals surface area (Å²) in [6, 6.07) is 4.73. The highest BCUT2D eigenvalue weighted by Crippen LogP contribution is 2.41. The molecule has 4 heteroatoms. The van der Waals surface area contributed by atoms with Crippen molar-refractivity contribution in [2.75, 3.05) is 13.9 Å². The zero-order valence-electron chi connectivity index (χ0n) is 11.4. The Morgan fingerprint density at radius 2 is 2.05 bits per heavy atom. The predicted molar refractivity (Wildman–Crippen MR) is 72.8 cm³/mol. The fourth-order valence-electron chi connectivity index (χ4n) is 2.85. The number of benzene rings is 1. The summed E-state index contributed by atoms with van der Waals surface area (Å²) in [5.74, 6) is 2.28. The Morgan fingerprint density at radius 3 is 2.84 bits per heavy atom. The van der Waals surface area contributed by atoms with Crippen LogP contribution in [0.3, 0.4) is 0 Å². The van der Waals surface area contributed by atoms with Crippen LogP contribution < -0.4 is 19.5 Å². The highest BCUT2D eigenvalue weighted by molar-refractivity contribution is 5.55. The fourth-order valence-corrected chi connectivity index (χ4v) is 2.85. The zero-order chi connectivity index (χ0) is 13.1. The van der Waals surface area contributed by atoms with Crippen molar-refractivity contribution in [3.8, 4) is 17.2 Å². The van der Waals surface area contributed by atoms with Crippen molar-refractivity contribution in [1.82, 2.24) is 5.32 Å². The van der Waals surface area contributed by atoms with Gasteiger partial charge in [-0.05, 0) is 30.5 Å². The van der Waals surface area contributed by atoms with Crippen LogP contribution in [0.25, 0.3) is 0 Å². The van der Waals surface area contributed by atoms with Gasteiger partial charge in [0, 0.05) is 12.6 Å². The molecule has 0 saturated heterocycles. The number of rotatable bonds is 4. The van der Waals surface area contributed by atoms with Gasteiger partial charge in [-0.1, -0.05) is 19.3 Å². The number of methoxy groups -OCH3 is 1. The van der Waals surface area contributed by atoms with E-state index in [2.05, 4.69) is 5.32 Å². The van der Waals surface area contributed by atoms with Crippen LogP contribution in [-0.4, -0.2) is 19.9 Å². The zero-order valence-corrected chi connectivity index (χ0v) is 11.4. The summed E-state index contributed by atoms with van der Waals surface area (Å²) in [5.41, 5.74) is 1.19. The summed E-state index contributed by atoms with van der Waals surface area (Å²) >= 11 is 0. The Bertz CT molecular complexity index is 441. The van der Waals surface area contributed by atoms with Gasteiger partial charge >= 0.3 is 0 Å². The van der Waals surface area contributed by atoms with Crippen LogP contribution in [0.5, 0.6) is 17.2 Å². The minimum Gasteiger partial charge on any atom is -0.493 e. The molecule has 1 heterocycles. The molecule has 0 bridgehead atoms. The van der Waals surface area contributed by atoms with Crippen molar-refractivity contribution in [1.29, 1.82) is 0 Å². The van der Waals surface area contributed by atoms with E-state index in [0.29, 0.717) is 6.04 Å². The highest BCUT2D eigenvalue weighted by atomic mass is 16.7. The molecule has 1 aliphatic heterocycles. The van der Waals surface area contributed by atoms with Crippen molar-refractivity contribution in [2.45, 2.75) is 44.7 Å². The van der Waals surface area contributed by atoms with Gasteiger partial charge in [0.05, 0.1) is 7.11 Å². The molecule has 2 aliphatic rings. The molecule has 1 aromatic carbocycles. The average molecular weight is 263 g/mol. The van der Waals surface area contributed by atoms with E-state index >= 15 is 0 Å². The van der Waals surface area contributed by atoms with Crippen LogP contribution >= 0.6 is 0 Å². The van der Waals surface area contributed by atoms with Crippen LogP contribution in [0.1, 0.15) is 37.7 Å². The van der Waals surface area contributed by atoms with Crippen molar-refractivity contribution in [3.05, 3.63) is 17.7 Å². The first kappa shape index (κ1) is 12.6. The second-order valence-corrected chi connectivity index (χ2v) is 5.25. The van der Waals surface area contributed by atoms with E-state index < -0.39 is 0 Å². The molecule has 0 amide bonds.